The number of carbonyl (C=O) groups is 1. The summed E-state index contributed by atoms with van der Waals surface area (Å²) < 4.78 is 13.0. The molecule has 1 heterocycles. The van der Waals surface area contributed by atoms with Crippen molar-refractivity contribution in [1.29, 1.82) is 0 Å². The first kappa shape index (κ1) is 17.2. The van der Waals surface area contributed by atoms with Crippen molar-refractivity contribution in [3.8, 4) is 0 Å². The molecule has 25 heavy (non-hydrogen) atoms. The Morgan fingerprint density at radius 3 is 2.60 bits per heavy atom. The highest BCUT2D eigenvalue weighted by atomic mass is 32.2. The molecule has 1 amide bonds. The van der Waals surface area contributed by atoms with E-state index >= 15 is 0 Å². The topological polar surface area (TPSA) is 42.0 Å². The van der Waals surface area contributed by atoms with Crippen molar-refractivity contribution in [3.63, 3.8) is 0 Å². The van der Waals surface area contributed by atoms with Gasteiger partial charge in [-0.25, -0.2) is 9.37 Å². The highest BCUT2D eigenvalue weighted by molar-refractivity contribution is 7.98. The molecule has 0 aliphatic carbocycles. The van der Waals surface area contributed by atoms with Gasteiger partial charge in [0.15, 0.2) is 0 Å². The van der Waals surface area contributed by atoms with Crippen LogP contribution in [0.5, 0.6) is 0 Å². The standard InChI is InChI=1S/C20H17FN2OS/c1-14-5-2-3-7-18(14)23-19(24)17-6-4-12-22-20(17)25-13-15-8-10-16(21)11-9-15/h2-12H,13H2,1H3,(H,23,24). The zero-order chi connectivity index (χ0) is 17.6. The minimum Gasteiger partial charge on any atom is -0.322 e. The molecule has 0 fully saturated rings. The molecule has 126 valence electrons. The molecule has 0 aliphatic heterocycles. The van der Waals surface area contributed by atoms with Crippen LogP contribution in [0.25, 0.3) is 0 Å². The van der Waals surface area contributed by atoms with Gasteiger partial charge in [-0.3, -0.25) is 4.79 Å². The lowest BCUT2D eigenvalue weighted by Crippen LogP contribution is -2.14. The van der Waals surface area contributed by atoms with E-state index in [-0.39, 0.29) is 11.7 Å². The molecule has 3 rings (SSSR count). The van der Waals surface area contributed by atoms with Crippen LogP contribution in [-0.4, -0.2) is 10.9 Å². The fourth-order valence-corrected chi connectivity index (χ4v) is 3.26. The summed E-state index contributed by atoms with van der Waals surface area (Å²) >= 11 is 1.45. The number of benzene rings is 2. The average molecular weight is 352 g/mol. The fraction of sp³-hybridized carbons (Fsp3) is 0.100. The van der Waals surface area contributed by atoms with Crippen LogP contribution < -0.4 is 5.32 Å². The van der Waals surface area contributed by atoms with E-state index in [1.807, 2.05) is 31.2 Å². The number of para-hydroxylation sites is 1. The van der Waals surface area contributed by atoms with Gasteiger partial charge >= 0.3 is 0 Å². The number of amides is 1. The normalized spacial score (nSPS) is 10.5. The fourth-order valence-electron chi connectivity index (χ4n) is 2.31. The van der Waals surface area contributed by atoms with Crippen molar-refractivity contribution < 1.29 is 9.18 Å². The first-order valence-electron chi connectivity index (χ1n) is 7.83. The van der Waals surface area contributed by atoms with E-state index in [2.05, 4.69) is 10.3 Å². The number of aryl methyl sites for hydroxylation is 1. The van der Waals surface area contributed by atoms with E-state index in [0.717, 1.165) is 16.8 Å². The molecule has 5 heteroatoms. The van der Waals surface area contributed by atoms with Crippen LogP contribution in [0.3, 0.4) is 0 Å². The SMILES string of the molecule is Cc1ccccc1NC(=O)c1cccnc1SCc1ccc(F)cc1. The van der Waals surface area contributed by atoms with Crippen molar-refractivity contribution in [2.24, 2.45) is 0 Å². The third-order valence-electron chi connectivity index (χ3n) is 3.70. The Bertz CT molecular complexity index is 881. The third kappa shape index (κ3) is 4.45. The van der Waals surface area contributed by atoms with Crippen LogP contribution in [-0.2, 0) is 5.75 Å². The second kappa shape index (κ2) is 7.94. The zero-order valence-corrected chi connectivity index (χ0v) is 14.5. The van der Waals surface area contributed by atoms with Crippen molar-refractivity contribution in [2.45, 2.75) is 17.7 Å². The van der Waals surface area contributed by atoms with Crippen LogP contribution >= 0.6 is 11.8 Å². The predicted molar refractivity (Wildman–Crippen MR) is 99.3 cm³/mol. The number of hydrogen-bond donors (Lipinski definition) is 1. The van der Waals surface area contributed by atoms with Gasteiger partial charge in [0, 0.05) is 17.6 Å². The minimum atomic E-state index is -0.259. The lowest BCUT2D eigenvalue weighted by molar-refractivity contribution is 0.102. The Balaban J connectivity index is 1.75. The molecule has 0 bridgehead atoms. The van der Waals surface area contributed by atoms with E-state index < -0.39 is 0 Å². The smallest absolute Gasteiger partial charge is 0.258 e. The number of pyridine rings is 1. The summed E-state index contributed by atoms with van der Waals surface area (Å²) in [5, 5.41) is 3.58. The lowest BCUT2D eigenvalue weighted by Gasteiger charge is -2.11. The number of nitrogens with zero attached hydrogens (tertiary/aromatic N) is 1. The molecule has 0 saturated heterocycles. The number of rotatable bonds is 5. The van der Waals surface area contributed by atoms with Gasteiger partial charge in [0.05, 0.1) is 5.56 Å². The Hall–Kier alpha value is -2.66. The molecule has 0 atom stereocenters. The van der Waals surface area contributed by atoms with Crippen molar-refractivity contribution in [1.82, 2.24) is 4.98 Å². The molecule has 3 aromatic rings. The predicted octanol–water partition coefficient (Wildman–Crippen LogP) is 5.07. The molecular formula is C20H17FN2OS. The summed E-state index contributed by atoms with van der Waals surface area (Å²) in [7, 11) is 0. The summed E-state index contributed by atoms with van der Waals surface area (Å²) in [5.41, 5.74) is 3.28. The van der Waals surface area contributed by atoms with Crippen molar-refractivity contribution in [2.75, 3.05) is 5.32 Å². The van der Waals surface area contributed by atoms with E-state index in [1.165, 1.54) is 23.9 Å². The molecule has 3 nitrogen and oxygen atoms in total. The summed E-state index contributed by atoms with van der Waals surface area (Å²) in [6.45, 7) is 1.95. The van der Waals surface area contributed by atoms with Gasteiger partial charge in [-0.2, -0.15) is 0 Å². The Morgan fingerprint density at radius 2 is 1.84 bits per heavy atom. The highest BCUT2D eigenvalue weighted by Gasteiger charge is 2.14. The second-order valence-corrected chi connectivity index (χ2v) is 6.50. The number of nitrogens with one attached hydrogen (secondary N) is 1. The Morgan fingerprint density at radius 1 is 1.08 bits per heavy atom. The molecular weight excluding hydrogens is 335 g/mol. The molecule has 0 aliphatic rings. The van der Waals surface area contributed by atoms with Gasteiger partial charge < -0.3 is 5.32 Å². The van der Waals surface area contributed by atoms with Crippen LogP contribution in [0, 0.1) is 12.7 Å². The number of hydrogen-bond acceptors (Lipinski definition) is 3. The maximum Gasteiger partial charge on any atom is 0.258 e. The average Bonchev–Trinajstić information content (AvgIpc) is 2.63. The maximum absolute atomic E-state index is 13.0. The molecule has 0 spiro atoms. The van der Waals surface area contributed by atoms with Gasteiger partial charge in [0.1, 0.15) is 10.8 Å². The van der Waals surface area contributed by atoms with Gasteiger partial charge in [0.25, 0.3) is 5.91 Å². The van der Waals surface area contributed by atoms with Crippen molar-refractivity contribution in [3.05, 3.63) is 89.4 Å². The van der Waals surface area contributed by atoms with E-state index in [1.54, 1.807) is 30.5 Å². The largest absolute Gasteiger partial charge is 0.322 e. The number of thioether (sulfide) groups is 1. The number of aromatic nitrogens is 1. The zero-order valence-electron chi connectivity index (χ0n) is 13.7. The summed E-state index contributed by atoms with van der Waals surface area (Å²) in [6, 6.07) is 17.5. The first-order valence-corrected chi connectivity index (χ1v) is 8.81. The minimum absolute atomic E-state index is 0.191. The molecule has 0 unspecified atom stereocenters. The van der Waals surface area contributed by atoms with Crippen LogP contribution in [0.2, 0.25) is 0 Å². The summed E-state index contributed by atoms with van der Waals surface area (Å²) in [5.74, 6) is 0.163. The Labute approximate surface area is 150 Å². The van der Waals surface area contributed by atoms with Gasteiger partial charge in [-0.1, -0.05) is 30.3 Å². The van der Waals surface area contributed by atoms with Gasteiger partial charge in [-0.15, -0.1) is 11.8 Å². The van der Waals surface area contributed by atoms with E-state index in [9.17, 15) is 9.18 Å². The van der Waals surface area contributed by atoms with Crippen LogP contribution in [0.4, 0.5) is 10.1 Å². The Kier molecular flexibility index (Phi) is 5.46. The molecule has 1 N–H and O–H groups in total. The first-order chi connectivity index (χ1) is 12.1. The number of anilines is 1. The number of halogens is 1. The highest BCUT2D eigenvalue weighted by Crippen LogP contribution is 2.25. The second-order valence-electron chi connectivity index (χ2n) is 5.54. The van der Waals surface area contributed by atoms with Crippen LogP contribution in [0.1, 0.15) is 21.5 Å². The third-order valence-corrected chi connectivity index (χ3v) is 4.77. The van der Waals surface area contributed by atoms with Crippen molar-refractivity contribution >= 4 is 23.4 Å². The molecule has 0 radical (unpaired) electrons. The quantitative estimate of drug-likeness (QED) is 0.652. The van der Waals surface area contributed by atoms with E-state index in [4.69, 9.17) is 0 Å². The van der Waals surface area contributed by atoms with Gasteiger partial charge in [0.2, 0.25) is 0 Å². The van der Waals surface area contributed by atoms with E-state index in [0.29, 0.717) is 16.3 Å². The molecule has 2 aromatic carbocycles. The molecule has 1 aromatic heterocycles. The molecule has 0 saturated carbocycles. The monoisotopic (exact) mass is 352 g/mol. The van der Waals surface area contributed by atoms with Crippen LogP contribution in [0.15, 0.2) is 71.9 Å². The lowest BCUT2D eigenvalue weighted by atomic mass is 10.2. The van der Waals surface area contributed by atoms with Gasteiger partial charge in [-0.05, 0) is 48.4 Å². The number of carbonyl (C=O) groups excluding carboxylic acids is 1. The summed E-state index contributed by atoms with van der Waals surface area (Å²) in [6.07, 6.45) is 1.66. The maximum atomic E-state index is 13.0. The summed E-state index contributed by atoms with van der Waals surface area (Å²) in [4.78, 5) is 17.0.